The Morgan fingerprint density at radius 3 is 3.05 bits per heavy atom. The lowest BCUT2D eigenvalue weighted by atomic mass is 10.2. The monoisotopic (exact) mass is 273 g/mol. The molecule has 0 unspecified atom stereocenters. The molecular formula is C16H23N3O. The number of rotatable bonds is 8. The highest BCUT2D eigenvalue weighted by atomic mass is 16.5. The highest BCUT2D eigenvalue weighted by molar-refractivity contribution is 5.28. The lowest BCUT2D eigenvalue weighted by Gasteiger charge is -2.11. The van der Waals surface area contributed by atoms with Gasteiger partial charge in [-0.2, -0.15) is 0 Å². The van der Waals surface area contributed by atoms with Gasteiger partial charge in [-0.1, -0.05) is 25.5 Å². The smallest absolute Gasteiger partial charge is 0.202 e. The molecule has 1 heterocycles. The van der Waals surface area contributed by atoms with E-state index in [0.29, 0.717) is 6.61 Å². The van der Waals surface area contributed by atoms with Gasteiger partial charge < -0.3 is 14.6 Å². The minimum absolute atomic E-state index is 0.641. The molecule has 108 valence electrons. The zero-order valence-electron chi connectivity index (χ0n) is 12.3. The number of aromatic nitrogens is 2. The fraction of sp³-hybridized carbons (Fsp3) is 0.438. The third-order valence-electron chi connectivity index (χ3n) is 3.12. The van der Waals surface area contributed by atoms with Gasteiger partial charge in [-0.15, -0.1) is 0 Å². The number of anilines is 1. The predicted molar refractivity (Wildman–Crippen MR) is 82.3 cm³/mol. The number of aryl methyl sites for hydroxylation is 1. The van der Waals surface area contributed by atoms with E-state index in [4.69, 9.17) is 4.74 Å². The normalized spacial score (nSPS) is 10.5. The van der Waals surface area contributed by atoms with Crippen molar-refractivity contribution in [2.75, 3.05) is 18.5 Å². The summed E-state index contributed by atoms with van der Waals surface area (Å²) in [5, 5.41) is 3.35. The Morgan fingerprint density at radius 1 is 1.35 bits per heavy atom. The molecule has 0 saturated heterocycles. The maximum Gasteiger partial charge on any atom is 0.202 e. The van der Waals surface area contributed by atoms with Crippen molar-refractivity contribution in [3.8, 4) is 5.75 Å². The van der Waals surface area contributed by atoms with Gasteiger partial charge in [0.25, 0.3) is 0 Å². The summed E-state index contributed by atoms with van der Waals surface area (Å²) in [6.07, 6.45) is 6.14. The van der Waals surface area contributed by atoms with Crippen LogP contribution in [0.15, 0.2) is 36.7 Å². The zero-order chi connectivity index (χ0) is 14.2. The summed E-state index contributed by atoms with van der Waals surface area (Å²) in [6, 6.07) is 8.12. The molecule has 2 aromatic rings. The lowest BCUT2D eigenvalue weighted by molar-refractivity contribution is 0.299. The van der Waals surface area contributed by atoms with Crippen LogP contribution in [0.1, 0.15) is 25.3 Å². The van der Waals surface area contributed by atoms with E-state index in [9.17, 15) is 0 Å². The molecule has 4 nitrogen and oxygen atoms in total. The van der Waals surface area contributed by atoms with Crippen LogP contribution in [0.5, 0.6) is 5.75 Å². The van der Waals surface area contributed by atoms with E-state index in [1.165, 1.54) is 12.0 Å². The standard InChI is InChI=1S/C16H23N3O/c1-3-4-8-17-16-18-9-10-19(16)11-12-20-15-7-5-6-14(2)13-15/h5-7,9-10,13H,3-4,8,11-12H2,1-2H3,(H,17,18). The van der Waals surface area contributed by atoms with Gasteiger partial charge in [-0.25, -0.2) is 4.98 Å². The predicted octanol–water partition coefficient (Wildman–Crippen LogP) is 3.48. The molecule has 20 heavy (non-hydrogen) atoms. The molecule has 0 aliphatic carbocycles. The van der Waals surface area contributed by atoms with Crippen molar-refractivity contribution in [2.24, 2.45) is 0 Å². The Morgan fingerprint density at radius 2 is 2.25 bits per heavy atom. The number of ether oxygens (including phenoxy) is 1. The molecule has 0 amide bonds. The number of hydrogen-bond acceptors (Lipinski definition) is 3. The summed E-state index contributed by atoms with van der Waals surface area (Å²) in [4.78, 5) is 4.32. The third kappa shape index (κ3) is 4.30. The molecular weight excluding hydrogens is 250 g/mol. The molecule has 4 heteroatoms. The first-order chi connectivity index (χ1) is 9.79. The highest BCUT2D eigenvalue weighted by Gasteiger charge is 2.02. The van der Waals surface area contributed by atoms with Crippen molar-refractivity contribution in [3.63, 3.8) is 0 Å². The van der Waals surface area contributed by atoms with Crippen LogP contribution in [0.4, 0.5) is 5.95 Å². The number of hydrogen-bond donors (Lipinski definition) is 1. The average Bonchev–Trinajstić information content (AvgIpc) is 2.87. The summed E-state index contributed by atoms with van der Waals surface area (Å²) in [6.45, 7) is 6.65. The number of nitrogens with zero attached hydrogens (tertiary/aromatic N) is 2. The number of imidazole rings is 1. The van der Waals surface area contributed by atoms with E-state index in [2.05, 4.69) is 34.8 Å². The van der Waals surface area contributed by atoms with Gasteiger partial charge in [0.1, 0.15) is 12.4 Å². The quantitative estimate of drug-likeness (QED) is 0.748. The Bertz CT molecular complexity index is 522. The molecule has 2 rings (SSSR count). The Labute approximate surface area is 120 Å². The molecule has 0 atom stereocenters. The van der Waals surface area contributed by atoms with Crippen molar-refractivity contribution in [3.05, 3.63) is 42.2 Å². The maximum atomic E-state index is 5.76. The van der Waals surface area contributed by atoms with Crippen molar-refractivity contribution in [1.82, 2.24) is 9.55 Å². The second-order valence-electron chi connectivity index (χ2n) is 4.89. The molecule has 1 N–H and O–H groups in total. The van der Waals surface area contributed by atoms with Crippen molar-refractivity contribution >= 4 is 5.95 Å². The van der Waals surface area contributed by atoms with Gasteiger partial charge in [0, 0.05) is 18.9 Å². The molecule has 0 spiro atoms. The number of nitrogens with one attached hydrogen (secondary N) is 1. The fourth-order valence-corrected chi connectivity index (χ4v) is 2.00. The van der Waals surface area contributed by atoms with E-state index in [1.54, 1.807) is 0 Å². The van der Waals surface area contributed by atoms with Gasteiger partial charge in [0.05, 0.1) is 6.54 Å². The van der Waals surface area contributed by atoms with Crippen LogP contribution in [-0.2, 0) is 6.54 Å². The average molecular weight is 273 g/mol. The van der Waals surface area contributed by atoms with Gasteiger partial charge in [-0.3, -0.25) is 0 Å². The van der Waals surface area contributed by atoms with E-state index < -0.39 is 0 Å². The lowest BCUT2D eigenvalue weighted by Crippen LogP contribution is -2.12. The second kappa shape index (κ2) is 7.58. The number of unbranched alkanes of at least 4 members (excludes halogenated alkanes) is 1. The van der Waals surface area contributed by atoms with Crippen molar-refractivity contribution in [1.29, 1.82) is 0 Å². The summed E-state index contributed by atoms with van der Waals surface area (Å²) in [7, 11) is 0. The largest absolute Gasteiger partial charge is 0.492 e. The van der Waals surface area contributed by atoms with E-state index in [0.717, 1.165) is 31.2 Å². The van der Waals surface area contributed by atoms with Crippen LogP contribution in [0.2, 0.25) is 0 Å². The van der Waals surface area contributed by atoms with E-state index in [1.807, 2.05) is 30.6 Å². The van der Waals surface area contributed by atoms with Gasteiger partial charge >= 0.3 is 0 Å². The van der Waals surface area contributed by atoms with Crippen LogP contribution in [-0.4, -0.2) is 22.7 Å². The van der Waals surface area contributed by atoms with Crippen LogP contribution >= 0.6 is 0 Å². The van der Waals surface area contributed by atoms with Crippen molar-refractivity contribution in [2.45, 2.75) is 33.2 Å². The van der Waals surface area contributed by atoms with Crippen molar-refractivity contribution < 1.29 is 4.74 Å². The summed E-state index contributed by atoms with van der Waals surface area (Å²) < 4.78 is 7.85. The summed E-state index contributed by atoms with van der Waals surface area (Å²) >= 11 is 0. The fourth-order valence-electron chi connectivity index (χ4n) is 2.00. The molecule has 0 saturated carbocycles. The van der Waals surface area contributed by atoms with Crippen LogP contribution < -0.4 is 10.1 Å². The van der Waals surface area contributed by atoms with Crippen LogP contribution in [0, 0.1) is 6.92 Å². The van der Waals surface area contributed by atoms with E-state index >= 15 is 0 Å². The summed E-state index contributed by atoms with van der Waals surface area (Å²) in [5.74, 6) is 1.84. The van der Waals surface area contributed by atoms with Gasteiger partial charge in [-0.05, 0) is 31.0 Å². The number of benzene rings is 1. The molecule has 0 radical (unpaired) electrons. The molecule has 1 aromatic carbocycles. The molecule has 1 aromatic heterocycles. The Kier molecular flexibility index (Phi) is 5.47. The summed E-state index contributed by atoms with van der Waals surface area (Å²) in [5.41, 5.74) is 1.21. The first-order valence-corrected chi connectivity index (χ1v) is 7.24. The maximum absolute atomic E-state index is 5.76. The SMILES string of the molecule is CCCCNc1nccn1CCOc1cccc(C)c1. The molecule has 0 bridgehead atoms. The van der Waals surface area contributed by atoms with Crippen LogP contribution in [0.25, 0.3) is 0 Å². The topological polar surface area (TPSA) is 39.1 Å². The molecule has 0 aliphatic rings. The van der Waals surface area contributed by atoms with E-state index in [-0.39, 0.29) is 0 Å². The molecule has 0 fully saturated rings. The van der Waals surface area contributed by atoms with Crippen LogP contribution in [0.3, 0.4) is 0 Å². The highest BCUT2D eigenvalue weighted by Crippen LogP contribution is 2.12. The molecule has 0 aliphatic heterocycles. The zero-order valence-corrected chi connectivity index (χ0v) is 12.3. The first kappa shape index (κ1) is 14.4. The third-order valence-corrected chi connectivity index (χ3v) is 3.12. The Balaban J connectivity index is 1.80. The first-order valence-electron chi connectivity index (χ1n) is 7.24. The second-order valence-corrected chi connectivity index (χ2v) is 4.89. The minimum Gasteiger partial charge on any atom is -0.492 e. The van der Waals surface area contributed by atoms with Gasteiger partial charge in [0.2, 0.25) is 5.95 Å². The minimum atomic E-state index is 0.641. The van der Waals surface area contributed by atoms with Gasteiger partial charge in [0.15, 0.2) is 0 Å². The Hall–Kier alpha value is -1.97.